The average Bonchev–Trinajstić information content (AvgIpc) is 2.89. The van der Waals surface area contributed by atoms with Crippen molar-refractivity contribution in [2.45, 2.75) is 13.0 Å². The van der Waals surface area contributed by atoms with Gasteiger partial charge in [-0.1, -0.05) is 66.7 Å². The van der Waals surface area contributed by atoms with Crippen LogP contribution in [0.25, 0.3) is 0 Å². The number of amides is 2. The second-order valence-corrected chi connectivity index (χ2v) is 7.81. The molecule has 0 atom stereocenters. The Hall–Kier alpha value is -4.38. The van der Waals surface area contributed by atoms with Crippen LogP contribution in [0.4, 0.5) is 5.69 Å². The van der Waals surface area contributed by atoms with Gasteiger partial charge < -0.3 is 15.4 Å². The zero-order valence-electron chi connectivity index (χ0n) is 18.7. The fourth-order valence-electron chi connectivity index (χ4n) is 3.45. The van der Waals surface area contributed by atoms with Gasteiger partial charge >= 0.3 is 0 Å². The molecule has 4 rings (SSSR count). The van der Waals surface area contributed by atoms with E-state index in [1.165, 1.54) is 5.56 Å². The first kappa shape index (κ1) is 22.8. The van der Waals surface area contributed by atoms with Crippen LogP contribution in [0, 0.1) is 0 Å². The molecule has 0 aromatic heterocycles. The van der Waals surface area contributed by atoms with Gasteiger partial charge in [0.2, 0.25) is 0 Å². The molecule has 2 amide bonds. The van der Waals surface area contributed by atoms with Crippen molar-refractivity contribution in [3.05, 3.63) is 131 Å². The molecule has 0 bridgehead atoms. The van der Waals surface area contributed by atoms with Crippen molar-refractivity contribution in [1.82, 2.24) is 5.32 Å². The summed E-state index contributed by atoms with van der Waals surface area (Å²) in [5.41, 5.74) is 3.88. The predicted molar refractivity (Wildman–Crippen MR) is 134 cm³/mol. The first-order valence-electron chi connectivity index (χ1n) is 11.2. The van der Waals surface area contributed by atoms with Crippen molar-refractivity contribution >= 4 is 17.5 Å². The summed E-state index contributed by atoms with van der Waals surface area (Å²) in [6, 6.07) is 33.8. The van der Waals surface area contributed by atoms with Gasteiger partial charge in [-0.2, -0.15) is 0 Å². The van der Waals surface area contributed by atoms with Gasteiger partial charge in [0.1, 0.15) is 5.75 Å². The molecular formula is C29H26N2O3. The summed E-state index contributed by atoms with van der Waals surface area (Å²) in [4.78, 5) is 25.1. The van der Waals surface area contributed by atoms with Gasteiger partial charge in [0.05, 0.1) is 6.61 Å². The largest absolute Gasteiger partial charge is 0.493 e. The number of hydrogen-bond donors (Lipinski definition) is 2. The quantitative estimate of drug-likeness (QED) is 0.354. The van der Waals surface area contributed by atoms with Crippen LogP contribution in [0.15, 0.2) is 109 Å². The first-order chi connectivity index (χ1) is 16.7. The summed E-state index contributed by atoms with van der Waals surface area (Å²) >= 11 is 0. The van der Waals surface area contributed by atoms with Crippen LogP contribution >= 0.6 is 0 Å². The van der Waals surface area contributed by atoms with Crippen molar-refractivity contribution in [2.75, 3.05) is 11.9 Å². The molecule has 4 aromatic carbocycles. The molecule has 0 radical (unpaired) electrons. The van der Waals surface area contributed by atoms with Gasteiger partial charge in [-0.3, -0.25) is 9.59 Å². The zero-order valence-corrected chi connectivity index (χ0v) is 18.7. The lowest BCUT2D eigenvalue weighted by atomic mass is 10.1. The van der Waals surface area contributed by atoms with E-state index in [9.17, 15) is 9.59 Å². The molecule has 0 spiro atoms. The lowest BCUT2D eigenvalue weighted by Gasteiger charge is -2.10. The van der Waals surface area contributed by atoms with Crippen LogP contribution in [0.1, 0.15) is 31.8 Å². The van der Waals surface area contributed by atoms with Crippen molar-refractivity contribution in [3.63, 3.8) is 0 Å². The van der Waals surface area contributed by atoms with Gasteiger partial charge in [0.25, 0.3) is 11.8 Å². The van der Waals surface area contributed by atoms with Crippen LogP contribution < -0.4 is 15.4 Å². The van der Waals surface area contributed by atoms with Gasteiger partial charge in [-0.15, -0.1) is 0 Å². The topological polar surface area (TPSA) is 67.4 Å². The number of carbonyl (C=O) groups excluding carboxylic acids is 2. The fraction of sp³-hybridized carbons (Fsp3) is 0.103. The van der Waals surface area contributed by atoms with E-state index < -0.39 is 0 Å². The van der Waals surface area contributed by atoms with E-state index in [4.69, 9.17) is 4.74 Å². The Kier molecular flexibility index (Phi) is 7.70. The van der Waals surface area contributed by atoms with Crippen LogP contribution in [0.3, 0.4) is 0 Å². The maximum atomic E-state index is 12.7. The number of nitrogens with one attached hydrogen (secondary N) is 2. The van der Waals surface area contributed by atoms with E-state index >= 15 is 0 Å². The van der Waals surface area contributed by atoms with Gasteiger partial charge in [0, 0.05) is 29.8 Å². The zero-order chi connectivity index (χ0) is 23.6. The fourth-order valence-corrected chi connectivity index (χ4v) is 3.45. The van der Waals surface area contributed by atoms with Gasteiger partial charge in [-0.25, -0.2) is 0 Å². The number of benzene rings is 4. The molecule has 5 heteroatoms. The molecule has 0 heterocycles. The van der Waals surface area contributed by atoms with Gasteiger partial charge in [-0.05, 0) is 53.6 Å². The van der Waals surface area contributed by atoms with E-state index in [2.05, 4.69) is 22.8 Å². The Balaban J connectivity index is 1.29. The smallest absolute Gasteiger partial charge is 0.255 e. The number of anilines is 1. The summed E-state index contributed by atoms with van der Waals surface area (Å²) in [7, 11) is 0. The van der Waals surface area contributed by atoms with Gasteiger partial charge in [0.15, 0.2) is 0 Å². The molecule has 5 nitrogen and oxygen atoms in total. The van der Waals surface area contributed by atoms with E-state index in [-0.39, 0.29) is 11.8 Å². The number of ether oxygens (including phenoxy) is 1. The van der Waals surface area contributed by atoms with Crippen LogP contribution in [-0.4, -0.2) is 18.4 Å². The Morgan fingerprint density at radius 1 is 0.647 bits per heavy atom. The third-order valence-electron chi connectivity index (χ3n) is 5.30. The molecule has 0 aliphatic heterocycles. The molecular weight excluding hydrogens is 424 g/mol. The Morgan fingerprint density at radius 3 is 2.03 bits per heavy atom. The average molecular weight is 451 g/mol. The second-order valence-electron chi connectivity index (χ2n) is 7.81. The second kappa shape index (κ2) is 11.5. The van der Waals surface area contributed by atoms with Crippen LogP contribution in [0.2, 0.25) is 0 Å². The molecule has 0 unspecified atom stereocenters. The number of rotatable bonds is 9. The van der Waals surface area contributed by atoms with E-state index in [0.717, 1.165) is 12.0 Å². The molecule has 0 aliphatic carbocycles. The molecule has 0 saturated heterocycles. The lowest BCUT2D eigenvalue weighted by molar-refractivity contribution is 0.0950. The monoisotopic (exact) mass is 450 g/mol. The standard InChI is InChI=1S/C29H26N2O3/c32-28(30-21-23-10-5-2-6-11-23)24-14-16-26(17-15-24)31-29(33)25-12-7-13-27(20-25)34-19-18-22-8-3-1-4-9-22/h1-17,20H,18-19,21H2,(H,30,32)(H,31,33). The Morgan fingerprint density at radius 2 is 1.32 bits per heavy atom. The third-order valence-corrected chi connectivity index (χ3v) is 5.30. The molecule has 0 saturated carbocycles. The molecule has 2 N–H and O–H groups in total. The van der Waals surface area contributed by atoms with Crippen molar-refractivity contribution < 1.29 is 14.3 Å². The van der Waals surface area contributed by atoms with E-state index in [1.807, 2.05) is 54.6 Å². The Bertz CT molecular complexity index is 1220. The maximum absolute atomic E-state index is 12.7. The van der Waals surface area contributed by atoms with Crippen LogP contribution in [0.5, 0.6) is 5.75 Å². The predicted octanol–water partition coefficient (Wildman–Crippen LogP) is 5.49. The lowest BCUT2D eigenvalue weighted by Crippen LogP contribution is -2.22. The number of hydrogen-bond acceptors (Lipinski definition) is 3. The summed E-state index contributed by atoms with van der Waals surface area (Å²) in [6.45, 7) is 0.991. The summed E-state index contributed by atoms with van der Waals surface area (Å²) in [5.74, 6) is 0.242. The maximum Gasteiger partial charge on any atom is 0.255 e. The highest BCUT2D eigenvalue weighted by Crippen LogP contribution is 2.17. The third kappa shape index (κ3) is 6.56. The SMILES string of the molecule is O=C(NCc1ccccc1)c1ccc(NC(=O)c2cccc(OCCc3ccccc3)c2)cc1. The molecule has 170 valence electrons. The normalized spacial score (nSPS) is 10.4. The molecule has 34 heavy (non-hydrogen) atoms. The minimum atomic E-state index is -0.241. The molecule has 4 aromatic rings. The minimum Gasteiger partial charge on any atom is -0.493 e. The highest BCUT2D eigenvalue weighted by atomic mass is 16.5. The highest BCUT2D eigenvalue weighted by Gasteiger charge is 2.09. The minimum absolute atomic E-state index is 0.165. The summed E-state index contributed by atoms with van der Waals surface area (Å²) in [6.07, 6.45) is 0.794. The van der Waals surface area contributed by atoms with Crippen molar-refractivity contribution in [3.8, 4) is 5.75 Å². The molecule has 0 aliphatic rings. The van der Waals surface area contributed by atoms with Crippen molar-refractivity contribution in [1.29, 1.82) is 0 Å². The summed E-state index contributed by atoms with van der Waals surface area (Å²) in [5, 5.41) is 5.76. The van der Waals surface area contributed by atoms with E-state index in [1.54, 1.807) is 42.5 Å². The van der Waals surface area contributed by atoms with Crippen molar-refractivity contribution in [2.24, 2.45) is 0 Å². The highest BCUT2D eigenvalue weighted by molar-refractivity contribution is 6.04. The summed E-state index contributed by atoms with van der Waals surface area (Å²) < 4.78 is 5.82. The number of carbonyl (C=O) groups is 2. The Labute approximate surface area is 199 Å². The molecule has 0 fully saturated rings. The van der Waals surface area contributed by atoms with E-state index in [0.29, 0.717) is 35.7 Å². The van der Waals surface area contributed by atoms with Crippen LogP contribution in [-0.2, 0) is 13.0 Å². The first-order valence-corrected chi connectivity index (χ1v) is 11.2.